The maximum atomic E-state index is 14.2. The molecule has 10 rings (SSSR count). The van der Waals surface area contributed by atoms with Gasteiger partial charge in [-0.15, -0.1) is 11.3 Å². The molecule has 6 heteroatoms. The lowest BCUT2D eigenvalue weighted by Gasteiger charge is -2.23. The van der Waals surface area contributed by atoms with Crippen LogP contribution < -0.4 is 9.91 Å². The van der Waals surface area contributed by atoms with Gasteiger partial charge in [0.25, 0.3) is 5.91 Å². The molecule has 0 unspecified atom stereocenters. The number of hydrazone groups is 1. The summed E-state index contributed by atoms with van der Waals surface area (Å²) >= 11 is 1.57. The number of para-hydroxylation sites is 3. The number of amides is 1. The van der Waals surface area contributed by atoms with Gasteiger partial charge in [-0.1, -0.05) is 164 Å². The summed E-state index contributed by atoms with van der Waals surface area (Å²) in [7, 11) is 0. The summed E-state index contributed by atoms with van der Waals surface area (Å²) in [6.07, 6.45) is 1.85. The second kappa shape index (κ2) is 17.3. The van der Waals surface area contributed by atoms with Gasteiger partial charge in [-0.25, -0.2) is 0 Å². The fourth-order valence-corrected chi connectivity index (χ4v) is 9.15. The van der Waals surface area contributed by atoms with Crippen LogP contribution in [0.1, 0.15) is 4.88 Å². The van der Waals surface area contributed by atoms with E-state index in [1.54, 1.807) is 11.3 Å². The molecule has 0 saturated carbocycles. The Labute approximate surface area is 371 Å². The van der Waals surface area contributed by atoms with Crippen molar-refractivity contribution in [3.05, 3.63) is 235 Å². The predicted octanol–water partition coefficient (Wildman–Crippen LogP) is 14.9. The maximum Gasteiger partial charge on any atom is 0.281 e. The number of rotatable bonds is 10. The Morgan fingerprint density at radius 3 is 1.33 bits per heavy atom. The Morgan fingerprint density at radius 1 is 0.476 bits per heavy atom. The molecule has 0 bridgehead atoms. The molecule has 0 saturated heterocycles. The van der Waals surface area contributed by atoms with Crippen molar-refractivity contribution in [3.63, 3.8) is 0 Å². The van der Waals surface area contributed by atoms with Crippen LogP contribution in [0.4, 0.5) is 22.1 Å². The first-order valence-electron chi connectivity index (χ1n) is 20.7. The lowest BCUT2D eigenvalue weighted by molar-refractivity contribution is -0.114. The summed E-state index contributed by atoms with van der Waals surface area (Å²) in [6, 6.07) is 79.2. The molecule has 0 N–H and O–H groups in total. The minimum absolute atomic E-state index is 0.0687. The average molecular weight is 827 g/mol. The first kappa shape index (κ1) is 38.8. The zero-order chi connectivity index (χ0) is 42.5. The molecule has 1 aliphatic heterocycles. The van der Waals surface area contributed by atoms with E-state index in [9.17, 15) is 10.1 Å². The van der Waals surface area contributed by atoms with Crippen molar-refractivity contribution in [1.82, 2.24) is 0 Å². The second-order valence-corrected chi connectivity index (χ2v) is 16.2. The number of carbonyl (C=O) groups is 1. The van der Waals surface area contributed by atoms with Crippen LogP contribution in [-0.4, -0.2) is 11.6 Å². The molecule has 0 spiro atoms. The number of carbonyl (C=O) groups excluding carboxylic acids is 1. The van der Waals surface area contributed by atoms with Gasteiger partial charge in [0.15, 0.2) is 5.71 Å². The molecule has 298 valence electrons. The fourth-order valence-electron chi connectivity index (χ4n) is 7.98. The van der Waals surface area contributed by atoms with E-state index < -0.39 is 0 Å². The van der Waals surface area contributed by atoms with Crippen molar-refractivity contribution in [3.8, 4) is 61.7 Å². The predicted molar refractivity (Wildman–Crippen MR) is 261 cm³/mol. The molecule has 0 atom stereocenters. The molecular formula is C57H38N4OS. The SMILES string of the molecule is N#CC1=NN(c2ccccc2)C(=O)/C1=C\c1sc(N(c2ccccc2)c2ccccc2)cc1-c1cc(-c2ccc(-c3ccccc3)cc2)cc(-c2ccc(-c3ccccc3)cc2)c1. The van der Waals surface area contributed by atoms with Crippen molar-refractivity contribution in [1.29, 1.82) is 5.26 Å². The zero-order valence-electron chi connectivity index (χ0n) is 34.0. The summed E-state index contributed by atoms with van der Waals surface area (Å²) in [6.45, 7) is 0. The van der Waals surface area contributed by atoms with E-state index >= 15 is 0 Å². The van der Waals surface area contributed by atoms with E-state index in [2.05, 4.69) is 162 Å². The van der Waals surface area contributed by atoms with Crippen LogP contribution in [0.25, 0.3) is 61.7 Å². The van der Waals surface area contributed by atoms with E-state index in [-0.39, 0.29) is 17.2 Å². The first-order valence-corrected chi connectivity index (χ1v) is 21.5. The molecule has 1 aromatic heterocycles. The van der Waals surface area contributed by atoms with E-state index in [0.717, 1.165) is 76.9 Å². The van der Waals surface area contributed by atoms with Crippen molar-refractivity contribution < 1.29 is 4.79 Å². The molecular weight excluding hydrogens is 789 g/mol. The lowest BCUT2D eigenvalue weighted by Crippen LogP contribution is -2.21. The fraction of sp³-hybridized carbons (Fsp3) is 0. The molecule has 63 heavy (non-hydrogen) atoms. The van der Waals surface area contributed by atoms with Gasteiger partial charge < -0.3 is 4.90 Å². The first-order chi connectivity index (χ1) is 31.1. The lowest BCUT2D eigenvalue weighted by atomic mass is 9.92. The van der Waals surface area contributed by atoms with Gasteiger partial charge in [-0.05, 0) is 117 Å². The van der Waals surface area contributed by atoms with Crippen LogP contribution in [0.3, 0.4) is 0 Å². The third kappa shape index (κ3) is 8.01. The number of thiophene rings is 1. The van der Waals surface area contributed by atoms with Crippen LogP contribution in [0, 0.1) is 11.3 Å². The summed E-state index contributed by atoms with van der Waals surface area (Å²) in [4.78, 5) is 17.3. The molecule has 0 fully saturated rings. The smallest absolute Gasteiger partial charge is 0.281 e. The highest BCUT2D eigenvalue weighted by Crippen LogP contribution is 2.46. The third-order valence-corrected chi connectivity index (χ3v) is 12.2. The van der Waals surface area contributed by atoms with Crippen LogP contribution >= 0.6 is 11.3 Å². The largest absolute Gasteiger partial charge is 0.302 e. The topological polar surface area (TPSA) is 59.7 Å². The summed E-state index contributed by atoms with van der Waals surface area (Å²) in [5, 5.41) is 17.1. The van der Waals surface area contributed by atoms with Crippen LogP contribution in [-0.2, 0) is 4.79 Å². The van der Waals surface area contributed by atoms with Gasteiger partial charge in [-0.2, -0.15) is 15.4 Å². The van der Waals surface area contributed by atoms with Gasteiger partial charge in [0, 0.05) is 21.8 Å². The average Bonchev–Trinajstić information content (AvgIpc) is 3.92. The van der Waals surface area contributed by atoms with E-state index in [4.69, 9.17) is 0 Å². The van der Waals surface area contributed by atoms with Gasteiger partial charge in [-0.3, -0.25) is 4.79 Å². The van der Waals surface area contributed by atoms with Gasteiger partial charge in [0.1, 0.15) is 11.1 Å². The van der Waals surface area contributed by atoms with Gasteiger partial charge in [0.2, 0.25) is 0 Å². The maximum absolute atomic E-state index is 14.2. The van der Waals surface area contributed by atoms with E-state index in [1.165, 1.54) is 5.01 Å². The summed E-state index contributed by atoms with van der Waals surface area (Å²) in [5.74, 6) is -0.354. The summed E-state index contributed by atoms with van der Waals surface area (Å²) < 4.78 is 0. The van der Waals surface area contributed by atoms with Crippen LogP contribution in [0.15, 0.2) is 235 Å². The molecule has 1 aliphatic rings. The Balaban J connectivity index is 1.17. The number of benzene rings is 8. The molecule has 0 aliphatic carbocycles. The number of hydrogen-bond acceptors (Lipinski definition) is 5. The zero-order valence-corrected chi connectivity index (χ0v) is 34.9. The van der Waals surface area contributed by atoms with Gasteiger partial charge in [0.05, 0.1) is 11.3 Å². The van der Waals surface area contributed by atoms with Crippen LogP contribution in [0.5, 0.6) is 0 Å². The Morgan fingerprint density at radius 2 is 0.873 bits per heavy atom. The van der Waals surface area contributed by atoms with Gasteiger partial charge >= 0.3 is 0 Å². The molecule has 8 aromatic carbocycles. The van der Waals surface area contributed by atoms with Crippen molar-refractivity contribution in [2.45, 2.75) is 0 Å². The highest BCUT2D eigenvalue weighted by molar-refractivity contribution is 7.17. The molecule has 0 radical (unpaired) electrons. The third-order valence-electron chi connectivity index (χ3n) is 11.2. The Kier molecular flexibility index (Phi) is 10.7. The van der Waals surface area contributed by atoms with Crippen molar-refractivity contribution in [2.75, 3.05) is 9.91 Å². The normalized spacial score (nSPS) is 12.9. The minimum atomic E-state index is -0.354. The molecule has 5 nitrogen and oxygen atoms in total. The number of nitrogens with zero attached hydrogens (tertiary/aromatic N) is 4. The second-order valence-electron chi connectivity index (χ2n) is 15.1. The van der Waals surface area contributed by atoms with Crippen molar-refractivity contribution >= 4 is 51.1 Å². The minimum Gasteiger partial charge on any atom is -0.302 e. The Hall–Kier alpha value is -8.37. The standard InChI is InChI=1S/C57H38N4OS/c58-39-54-53(57(62)61(59-54)51-24-14-5-15-25-51)37-55-52(38-56(63-55)60(49-20-10-3-11-21-49)50-22-12-4-13-23-50)48-35-46(44-30-26-42(27-31-44)40-16-6-1-7-17-40)34-47(36-48)45-32-28-43(29-33-45)41-18-8-2-9-19-41/h1-38H/b53-37-. The highest BCUT2D eigenvalue weighted by atomic mass is 32.1. The Bertz CT molecular complexity index is 3020. The number of anilines is 4. The van der Waals surface area contributed by atoms with E-state index in [0.29, 0.717) is 5.69 Å². The molecule has 1 amide bonds. The highest BCUT2D eigenvalue weighted by Gasteiger charge is 2.32. The summed E-state index contributed by atoms with van der Waals surface area (Å²) in [5.41, 5.74) is 13.7. The number of hydrogen-bond donors (Lipinski definition) is 0. The monoisotopic (exact) mass is 826 g/mol. The molecule has 9 aromatic rings. The van der Waals surface area contributed by atoms with Crippen LogP contribution in [0.2, 0.25) is 0 Å². The van der Waals surface area contributed by atoms with Crippen molar-refractivity contribution in [2.24, 2.45) is 5.10 Å². The quantitative estimate of drug-likeness (QED) is 0.129. The number of nitriles is 1. The molecule has 2 heterocycles. The van der Waals surface area contributed by atoms with E-state index in [1.807, 2.05) is 84.9 Å².